The molecule has 1 saturated carbocycles. The second-order valence-corrected chi connectivity index (χ2v) is 7.27. The number of aromatic amines is 1. The molecule has 0 radical (unpaired) electrons. The number of H-pyrrole nitrogens is 1. The van der Waals surface area contributed by atoms with Crippen LogP contribution in [0.15, 0.2) is 35.7 Å². The van der Waals surface area contributed by atoms with Crippen LogP contribution in [0.3, 0.4) is 0 Å². The zero-order valence-electron chi connectivity index (χ0n) is 15.1. The first-order valence-electron chi connectivity index (χ1n) is 9.37. The number of aliphatic imine (C=N–C) groups is 1. The fraction of sp³-hybridized carbons (Fsp3) is 0.450. The Hall–Kier alpha value is -2.47. The molecule has 3 N–H and O–H groups in total. The van der Waals surface area contributed by atoms with Gasteiger partial charge in [-0.2, -0.15) is 0 Å². The number of amides is 1. The number of hydrogen-bond donors (Lipinski definition) is 2. The van der Waals surface area contributed by atoms with E-state index in [0.717, 1.165) is 41.1 Å². The summed E-state index contributed by atoms with van der Waals surface area (Å²) in [6.45, 7) is 2.46. The van der Waals surface area contributed by atoms with Gasteiger partial charge in [-0.15, -0.1) is 0 Å². The van der Waals surface area contributed by atoms with Gasteiger partial charge in [-0.3, -0.25) is 9.79 Å². The maximum Gasteiger partial charge on any atom is 0.266 e. The first-order valence-corrected chi connectivity index (χ1v) is 9.37. The van der Waals surface area contributed by atoms with Crippen LogP contribution >= 0.6 is 0 Å². The summed E-state index contributed by atoms with van der Waals surface area (Å²) in [6.07, 6.45) is 8.45. The highest BCUT2D eigenvalue weighted by Crippen LogP contribution is 2.35. The highest BCUT2D eigenvalue weighted by molar-refractivity contribution is 6.14. The van der Waals surface area contributed by atoms with E-state index in [1.165, 1.54) is 19.3 Å². The van der Waals surface area contributed by atoms with Crippen molar-refractivity contribution in [1.29, 1.82) is 0 Å². The van der Waals surface area contributed by atoms with Crippen molar-refractivity contribution >= 4 is 17.3 Å². The lowest BCUT2D eigenvalue weighted by Gasteiger charge is -2.27. The van der Waals surface area contributed by atoms with Crippen LogP contribution in [0.25, 0.3) is 0 Å². The van der Waals surface area contributed by atoms with Gasteiger partial charge in [-0.25, -0.2) is 4.98 Å². The maximum absolute atomic E-state index is 13.1. The second-order valence-electron chi connectivity index (χ2n) is 7.27. The standard InChI is InChI=1S/C20H25N5O/c1-13-6-5-9-16-17(14-7-3-2-4-8-14)24-19(21)20(26)25(18(13)16)11-15-10-22-12-23-15/h5-6,9-10,12,14,19H,2-4,7-8,11,21H2,1H3,(H,22,23)/t19-/m0/s1. The number of nitrogens with one attached hydrogen (secondary N) is 1. The molecule has 0 bridgehead atoms. The average Bonchev–Trinajstić information content (AvgIpc) is 3.14. The molecule has 1 amide bonds. The minimum Gasteiger partial charge on any atom is -0.347 e. The Labute approximate surface area is 153 Å². The van der Waals surface area contributed by atoms with Crippen molar-refractivity contribution in [2.24, 2.45) is 16.6 Å². The molecule has 2 aliphatic rings. The lowest BCUT2D eigenvalue weighted by molar-refractivity contribution is -0.119. The van der Waals surface area contributed by atoms with Gasteiger partial charge in [-0.1, -0.05) is 37.5 Å². The van der Waals surface area contributed by atoms with Crippen molar-refractivity contribution in [3.63, 3.8) is 0 Å². The Bertz CT molecular complexity index is 821. The number of carbonyl (C=O) groups excluding carboxylic acids is 1. The summed E-state index contributed by atoms with van der Waals surface area (Å²) < 4.78 is 0. The third-order valence-electron chi connectivity index (χ3n) is 5.46. The fourth-order valence-electron chi connectivity index (χ4n) is 4.17. The molecule has 1 fully saturated rings. The van der Waals surface area contributed by atoms with Gasteiger partial charge in [0.1, 0.15) is 0 Å². The summed E-state index contributed by atoms with van der Waals surface area (Å²) in [6, 6.07) is 6.17. The van der Waals surface area contributed by atoms with Crippen molar-refractivity contribution in [3.05, 3.63) is 47.5 Å². The fourth-order valence-corrected chi connectivity index (χ4v) is 4.17. The lowest BCUT2D eigenvalue weighted by atomic mass is 9.82. The molecule has 0 spiro atoms. The normalized spacial score (nSPS) is 21.3. The van der Waals surface area contributed by atoms with Gasteiger partial charge in [0.05, 0.1) is 24.3 Å². The molecule has 4 rings (SSSR count). The summed E-state index contributed by atoms with van der Waals surface area (Å²) in [5.41, 5.74) is 11.2. The number of aromatic nitrogens is 2. The summed E-state index contributed by atoms with van der Waals surface area (Å²) >= 11 is 0. The summed E-state index contributed by atoms with van der Waals surface area (Å²) in [7, 11) is 0. The molecular formula is C20H25N5O. The van der Waals surface area contributed by atoms with Crippen LogP contribution in [-0.2, 0) is 11.3 Å². The van der Waals surface area contributed by atoms with E-state index in [9.17, 15) is 4.79 Å². The van der Waals surface area contributed by atoms with Crippen LogP contribution in [0.5, 0.6) is 0 Å². The van der Waals surface area contributed by atoms with Gasteiger partial charge in [0.15, 0.2) is 6.17 Å². The van der Waals surface area contributed by atoms with Gasteiger partial charge < -0.3 is 15.6 Å². The topological polar surface area (TPSA) is 87.4 Å². The molecule has 0 saturated heterocycles. The number of benzene rings is 1. The number of anilines is 1. The lowest BCUT2D eigenvalue weighted by Crippen LogP contribution is -2.42. The van der Waals surface area contributed by atoms with E-state index in [-0.39, 0.29) is 5.91 Å². The Morgan fingerprint density at radius 2 is 2.08 bits per heavy atom. The molecule has 1 aromatic carbocycles. The number of imidazole rings is 1. The van der Waals surface area contributed by atoms with E-state index in [2.05, 4.69) is 16.0 Å². The number of benzodiazepines with no additional fused rings is 1. The van der Waals surface area contributed by atoms with E-state index in [4.69, 9.17) is 10.7 Å². The summed E-state index contributed by atoms with van der Waals surface area (Å²) in [5, 5.41) is 0. The third-order valence-corrected chi connectivity index (χ3v) is 5.46. The monoisotopic (exact) mass is 351 g/mol. The number of aryl methyl sites for hydroxylation is 1. The smallest absolute Gasteiger partial charge is 0.266 e. The van der Waals surface area contributed by atoms with E-state index >= 15 is 0 Å². The molecule has 2 heterocycles. The Balaban J connectivity index is 1.81. The first kappa shape index (κ1) is 17.0. The van der Waals surface area contributed by atoms with Gasteiger partial charge in [0.2, 0.25) is 0 Å². The molecular weight excluding hydrogens is 326 g/mol. The molecule has 2 aromatic rings. The predicted octanol–water partition coefficient (Wildman–Crippen LogP) is 2.92. The predicted molar refractivity (Wildman–Crippen MR) is 102 cm³/mol. The quantitative estimate of drug-likeness (QED) is 0.891. The van der Waals surface area contributed by atoms with Crippen molar-refractivity contribution in [1.82, 2.24) is 9.97 Å². The SMILES string of the molecule is Cc1cccc2c1N(Cc1cnc[nH]1)C(=O)[C@@H](N)N=C2C1CCCCC1. The number of hydrogen-bond acceptors (Lipinski definition) is 4. The van der Waals surface area contributed by atoms with Gasteiger partial charge in [-0.05, 0) is 25.3 Å². The molecule has 136 valence electrons. The number of rotatable bonds is 3. The number of nitrogens with zero attached hydrogens (tertiary/aromatic N) is 3. The van der Waals surface area contributed by atoms with Gasteiger partial charge in [0.25, 0.3) is 5.91 Å². The number of fused-ring (bicyclic) bond motifs is 1. The molecule has 1 aliphatic heterocycles. The molecule has 1 aromatic heterocycles. The van der Waals surface area contributed by atoms with Gasteiger partial charge >= 0.3 is 0 Å². The molecule has 1 atom stereocenters. The molecule has 26 heavy (non-hydrogen) atoms. The summed E-state index contributed by atoms with van der Waals surface area (Å²) in [5.74, 6) is 0.219. The highest BCUT2D eigenvalue weighted by Gasteiger charge is 2.33. The highest BCUT2D eigenvalue weighted by atomic mass is 16.2. The zero-order valence-corrected chi connectivity index (χ0v) is 15.1. The van der Waals surface area contributed by atoms with Crippen LogP contribution in [0.4, 0.5) is 5.69 Å². The maximum atomic E-state index is 13.1. The Morgan fingerprint density at radius 1 is 1.27 bits per heavy atom. The van der Waals surface area contributed by atoms with Crippen molar-refractivity contribution < 1.29 is 4.79 Å². The van der Waals surface area contributed by atoms with Crippen LogP contribution in [-0.4, -0.2) is 27.8 Å². The largest absolute Gasteiger partial charge is 0.347 e. The minimum absolute atomic E-state index is 0.166. The van der Waals surface area contributed by atoms with Gasteiger partial charge in [0, 0.05) is 23.4 Å². The van der Waals surface area contributed by atoms with Crippen LogP contribution in [0.2, 0.25) is 0 Å². The molecule has 0 unspecified atom stereocenters. The van der Waals surface area contributed by atoms with Crippen LogP contribution < -0.4 is 10.6 Å². The van der Waals surface area contributed by atoms with Crippen molar-refractivity contribution in [3.8, 4) is 0 Å². The Kier molecular flexibility index (Phi) is 4.59. The van der Waals surface area contributed by atoms with Crippen LogP contribution in [0.1, 0.15) is 48.9 Å². The summed E-state index contributed by atoms with van der Waals surface area (Å²) in [4.78, 5) is 26.7. The molecule has 1 aliphatic carbocycles. The third kappa shape index (κ3) is 3.05. The van der Waals surface area contributed by atoms with Crippen LogP contribution in [0, 0.1) is 12.8 Å². The number of carbonyl (C=O) groups is 1. The minimum atomic E-state index is -0.860. The van der Waals surface area contributed by atoms with Crippen molar-refractivity contribution in [2.45, 2.75) is 51.7 Å². The number of nitrogens with two attached hydrogens (primary N) is 1. The number of para-hydroxylation sites is 1. The molecule has 6 heteroatoms. The first-order chi connectivity index (χ1) is 12.6. The Morgan fingerprint density at radius 3 is 2.81 bits per heavy atom. The average molecular weight is 351 g/mol. The van der Waals surface area contributed by atoms with E-state index in [0.29, 0.717) is 12.5 Å². The van der Waals surface area contributed by atoms with Crippen molar-refractivity contribution in [2.75, 3.05) is 4.90 Å². The van der Waals surface area contributed by atoms with E-state index in [1.54, 1.807) is 17.4 Å². The van der Waals surface area contributed by atoms with E-state index < -0.39 is 6.17 Å². The van der Waals surface area contributed by atoms with E-state index in [1.807, 2.05) is 19.1 Å². The zero-order chi connectivity index (χ0) is 18.1. The second kappa shape index (κ2) is 7.03. The molecule has 6 nitrogen and oxygen atoms in total.